The molecule has 5 heteroatoms. The molecule has 0 N–H and O–H groups in total. The van der Waals surface area contributed by atoms with Crippen molar-refractivity contribution in [1.29, 1.82) is 0 Å². The van der Waals surface area contributed by atoms with E-state index < -0.39 is 17.3 Å². The summed E-state index contributed by atoms with van der Waals surface area (Å²) in [7, 11) is 0. The molecule has 4 aromatic rings. The van der Waals surface area contributed by atoms with E-state index in [-0.39, 0.29) is 11.4 Å². The standard InChI is InChI=1S/C23H13F2N3/c1-26-21-13-17(12-18(24)22(21)25)23-27-19(15-8-4-2-5-9-15)14-20(28-23)16-10-6-3-7-11-16/h2-14H. The Bertz CT molecular complexity index is 1130. The van der Waals surface area contributed by atoms with Gasteiger partial charge in [0.05, 0.1) is 18.0 Å². The highest BCUT2D eigenvalue weighted by molar-refractivity contribution is 5.73. The summed E-state index contributed by atoms with van der Waals surface area (Å²) >= 11 is 0. The molecule has 1 heterocycles. The van der Waals surface area contributed by atoms with Gasteiger partial charge in [0.2, 0.25) is 5.69 Å². The number of aromatic nitrogens is 2. The lowest BCUT2D eigenvalue weighted by molar-refractivity contribution is 0.513. The fraction of sp³-hybridized carbons (Fsp3) is 0. The molecule has 134 valence electrons. The Labute approximate surface area is 160 Å². The Hall–Kier alpha value is -3.91. The van der Waals surface area contributed by atoms with Crippen LogP contribution in [0, 0.1) is 18.2 Å². The van der Waals surface area contributed by atoms with Gasteiger partial charge < -0.3 is 0 Å². The zero-order valence-corrected chi connectivity index (χ0v) is 14.6. The number of halogens is 2. The lowest BCUT2D eigenvalue weighted by Crippen LogP contribution is -1.97. The van der Waals surface area contributed by atoms with Gasteiger partial charge in [0.15, 0.2) is 11.6 Å². The second-order valence-electron chi connectivity index (χ2n) is 6.10. The maximum Gasteiger partial charge on any atom is 0.225 e. The van der Waals surface area contributed by atoms with E-state index in [1.165, 1.54) is 6.07 Å². The van der Waals surface area contributed by atoms with Crippen LogP contribution in [-0.4, -0.2) is 9.97 Å². The summed E-state index contributed by atoms with van der Waals surface area (Å²) in [6, 6.07) is 23.2. The molecule has 1 aromatic heterocycles. The summed E-state index contributed by atoms with van der Waals surface area (Å²) in [5, 5.41) is 0. The minimum Gasteiger partial charge on any atom is -0.235 e. The van der Waals surface area contributed by atoms with Gasteiger partial charge in [-0.15, -0.1) is 0 Å². The summed E-state index contributed by atoms with van der Waals surface area (Å²) in [5.74, 6) is -2.04. The number of benzene rings is 3. The molecular formula is C23H13F2N3. The third kappa shape index (κ3) is 3.36. The van der Waals surface area contributed by atoms with Crippen LogP contribution in [-0.2, 0) is 0 Å². The number of hydrogen-bond acceptors (Lipinski definition) is 2. The average Bonchev–Trinajstić information content (AvgIpc) is 2.76. The van der Waals surface area contributed by atoms with E-state index in [1.807, 2.05) is 66.7 Å². The Kier molecular flexibility index (Phi) is 4.61. The van der Waals surface area contributed by atoms with Crippen molar-refractivity contribution >= 4 is 5.69 Å². The van der Waals surface area contributed by atoms with Crippen molar-refractivity contribution in [3.63, 3.8) is 0 Å². The molecule has 0 radical (unpaired) electrons. The highest BCUT2D eigenvalue weighted by Gasteiger charge is 2.15. The van der Waals surface area contributed by atoms with Gasteiger partial charge in [-0.2, -0.15) is 0 Å². The fourth-order valence-corrected chi connectivity index (χ4v) is 2.87. The predicted molar refractivity (Wildman–Crippen MR) is 105 cm³/mol. The quantitative estimate of drug-likeness (QED) is 0.396. The molecule has 0 saturated carbocycles. The first-order valence-electron chi connectivity index (χ1n) is 8.52. The van der Waals surface area contributed by atoms with E-state index >= 15 is 0 Å². The third-order valence-corrected chi connectivity index (χ3v) is 4.25. The molecule has 0 unspecified atom stereocenters. The first-order chi connectivity index (χ1) is 13.7. The molecule has 0 bridgehead atoms. The van der Waals surface area contributed by atoms with Crippen LogP contribution >= 0.6 is 0 Å². The Balaban J connectivity index is 1.95. The third-order valence-electron chi connectivity index (χ3n) is 4.25. The van der Waals surface area contributed by atoms with E-state index in [9.17, 15) is 8.78 Å². The fourth-order valence-electron chi connectivity index (χ4n) is 2.87. The van der Waals surface area contributed by atoms with E-state index in [4.69, 9.17) is 6.57 Å². The first kappa shape index (κ1) is 17.5. The first-order valence-corrected chi connectivity index (χ1v) is 8.52. The lowest BCUT2D eigenvalue weighted by Gasteiger charge is -2.10. The molecule has 0 spiro atoms. The van der Waals surface area contributed by atoms with E-state index in [2.05, 4.69) is 14.8 Å². The predicted octanol–water partition coefficient (Wildman–Crippen LogP) is 6.31. The van der Waals surface area contributed by atoms with Crippen LogP contribution in [0.2, 0.25) is 0 Å². The van der Waals surface area contributed by atoms with Gasteiger partial charge in [-0.3, -0.25) is 0 Å². The summed E-state index contributed by atoms with van der Waals surface area (Å²) in [4.78, 5) is 12.1. The van der Waals surface area contributed by atoms with E-state index in [0.717, 1.165) is 17.2 Å². The average molecular weight is 369 g/mol. The molecule has 0 aliphatic heterocycles. The molecule has 0 aliphatic rings. The molecular weight excluding hydrogens is 356 g/mol. The van der Waals surface area contributed by atoms with Gasteiger partial charge in [-0.1, -0.05) is 60.7 Å². The largest absolute Gasteiger partial charge is 0.235 e. The molecule has 0 amide bonds. The van der Waals surface area contributed by atoms with Crippen molar-refractivity contribution in [1.82, 2.24) is 9.97 Å². The zero-order valence-electron chi connectivity index (χ0n) is 14.6. The van der Waals surface area contributed by atoms with Crippen LogP contribution in [0.1, 0.15) is 0 Å². The van der Waals surface area contributed by atoms with Gasteiger partial charge in [0.1, 0.15) is 5.82 Å². The van der Waals surface area contributed by atoms with Gasteiger partial charge in [0.25, 0.3) is 0 Å². The molecule has 0 fully saturated rings. The lowest BCUT2D eigenvalue weighted by atomic mass is 10.1. The maximum atomic E-state index is 14.0. The number of nitrogens with zero attached hydrogens (tertiary/aromatic N) is 3. The van der Waals surface area contributed by atoms with Gasteiger partial charge >= 0.3 is 0 Å². The molecule has 0 atom stereocenters. The molecule has 0 aliphatic carbocycles. The minimum atomic E-state index is -1.17. The van der Waals surface area contributed by atoms with Gasteiger partial charge in [-0.05, 0) is 18.2 Å². The summed E-state index contributed by atoms with van der Waals surface area (Å²) in [6.07, 6.45) is 0. The van der Waals surface area contributed by atoms with Gasteiger partial charge in [0, 0.05) is 16.7 Å². The second kappa shape index (κ2) is 7.37. The number of hydrogen-bond donors (Lipinski definition) is 0. The van der Waals surface area contributed by atoms with Crippen LogP contribution in [0.15, 0.2) is 78.9 Å². The van der Waals surface area contributed by atoms with E-state index in [0.29, 0.717) is 11.4 Å². The second-order valence-corrected chi connectivity index (χ2v) is 6.10. The van der Waals surface area contributed by atoms with Crippen molar-refractivity contribution in [3.8, 4) is 33.9 Å². The van der Waals surface area contributed by atoms with Crippen LogP contribution in [0.25, 0.3) is 38.7 Å². The monoisotopic (exact) mass is 369 g/mol. The van der Waals surface area contributed by atoms with E-state index in [1.54, 1.807) is 0 Å². The minimum absolute atomic E-state index is 0.226. The van der Waals surface area contributed by atoms with Crippen molar-refractivity contribution < 1.29 is 8.78 Å². The normalized spacial score (nSPS) is 10.5. The molecule has 3 aromatic carbocycles. The van der Waals surface area contributed by atoms with Crippen molar-refractivity contribution in [3.05, 3.63) is 102 Å². The maximum absolute atomic E-state index is 14.0. The van der Waals surface area contributed by atoms with Crippen LogP contribution < -0.4 is 0 Å². The summed E-state index contributed by atoms with van der Waals surface area (Å²) in [6.45, 7) is 7.07. The Morgan fingerprint density at radius 2 is 1.21 bits per heavy atom. The summed E-state index contributed by atoms with van der Waals surface area (Å²) < 4.78 is 27.7. The van der Waals surface area contributed by atoms with Crippen LogP contribution in [0.5, 0.6) is 0 Å². The Morgan fingerprint density at radius 1 is 0.679 bits per heavy atom. The zero-order chi connectivity index (χ0) is 19.5. The topological polar surface area (TPSA) is 30.1 Å². The summed E-state index contributed by atoms with van der Waals surface area (Å²) in [5.41, 5.74) is 2.90. The highest BCUT2D eigenvalue weighted by atomic mass is 19.2. The van der Waals surface area contributed by atoms with Crippen molar-refractivity contribution in [2.24, 2.45) is 0 Å². The molecule has 28 heavy (non-hydrogen) atoms. The van der Waals surface area contributed by atoms with Crippen molar-refractivity contribution in [2.75, 3.05) is 0 Å². The Morgan fingerprint density at radius 3 is 1.71 bits per heavy atom. The van der Waals surface area contributed by atoms with Crippen molar-refractivity contribution in [2.45, 2.75) is 0 Å². The smallest absolute Gasteiger partial charge is 0.225 e. The highest BCUT2D eigenvalue weighted by Crippen LogP contribution is 2.31. The molecule has 4 rings (SSSR count). The molecule has 3 nitrogen and oxygen atoms in total. The van der Waals surface area contributed by atoms with Gasteiger partial charge in [-0.25, -0.2) is 23.6 Å². The van der Waals surface area contributed by atoms with Crippen LogP contribution in [0.4, 0.5) is 14.5 Å². The van der Waals surface area contributed by atoms with Crippen LogP contribution in [0.3, 0.4) is 0 Å². The number of rotatable bonds is 3. The molecule has 0 saturated heterocycles. The SMILES string of the molecule is [C-]#[N+]c1cc(-c2nc(-c3ccccc3)cc(-c3ccccc3)n2)cc(F)c1F.